The molecule has 1 heterocycles. The number of imide groups is 1. The first kappa shape index (κ1) is 23.4. The number of hydrogen-bond acceptors (Lipinski definition) is 5. The van der Waals surface area contributed by atoms with E-state index in [1.165, 1.54) is 6.21 Å². The summed E-state index contributed by atoms with van der Waals surface area (Å²) in [4.78, 5) is 25.7. The molecule has 0 spiro atoms. The minimum absolute atomic E-state index is 0.149. The molecule has 2 bridgehead atoms. The lowest BCUT2D eigenvalue weighted by Gasteiger charge is -2.15. The summed E-state index contributed by atoms with van der Waals surface area (Å²) in [6.45, 7) is 2.52. The molecule has 5 rings (SSSR count). The molecule has 1 aliphatic heterocycles. The summed E-state index contributed by atoms with van der Waals surface area (Å²) >= 11 is 15.8. The second kappa shape index (κ2) is 9.36. The summed E-state index contributed by atoms with van der Waals surface area (Å²) < 4.78 is 12.4. The van der Waals surface area contributed by atoms with E-state index < -0.39 is 0 Å². The number of ether oxygens (including phenoxy) is 2. The number of amides is 2. The Hall–Kier alpha value is -2.35. The van der Waals surface area contributed by atoms with Crippen LogP contribution in [0.3, 0.4) is 0 Å². The Morgan fingerprint density at radius 2 is 1.79 bits per heavy atom. The van der Waals surface area contributed by atoms with E-state index in [-0.39, 0.29) is 42.1 Å². The van der Waals surface area contributed by atoms with Gasteiger partial charge in [-0.2, -0.15) is 10.1 Å². The third-order valence-corrected chi connectivity index (χ3v) is 7.66. The van der Waals surface area contributed by atoms with E-state index in [2.05, 4.69) is 33.2 Å². The Balaban J connectivity index is 1.35. The van der Waals surface area contributed by atoms with Crippen LogP contribution in [0.2, 0.25) is 10.0 Å². The first-order chi connectivity index (χ1) is 16.4. The Bertz CT molecular complexity index is 1200. The summed E-state index contributed by atoms with van der Waals surface area (Å²) in [5.74, 6) is 0.324. The van der Waals surface area contributed by atoms with Crippen molar-refractivity contribution in [3.8, 4) is 11.5 Å². The van der Waals surface area contributed by atoms with Gasteiger partial charge in [0.05, 0.1) is 29.1 Å². The van der Waals surface area contributed by atoms with Crippen LogP contribution in [-0.2, 0) is 16.2 Å². The van der Waals surface area contributed by atoms with Crippen LogP contribution in [0.1, 0.15) is 24.5 Å². The number of fused-ring (bicyclic) bond motifs is 5. The van der Waals surface area contributed by atoms with Crippen LogP contribution in [0.4, 0.5) is 0 Å². The Morgan fingerprint density at radius 3 is 2.44 bits per heavy atom. The van der Waals surface area contributed by atoms with Gasteiger partial charge in [0.15, 0.2) is 11.5 Å². The molecule has 2 amide bonds. The lowest BCUT2D eigenvalue weighted by Crippen LogP contribution is -2.28. The summed E-state index contributed by atoms with van der Waals surface area (Å²) in [6, 6.07) is 8.77. The van der Waals surface area contributed by atoms with E-state index >= 15 is 0 Å². The molecule has 2 fully saturated rings. The highest BCUT2D eigenvalue weighted by Gasteiger charge is 2.59. The van der Waals surface area contributed by atoms with Gasteiger partial charge < -0.3 is 9.47 Å². The molecule has 176 valence electrons. The first-order valence-electron chi connectivity index (χ1n) is 11.0. The fourth-order valence-electron chi connectivity index (χ4n) is 4.98. The molecule has 4 atom stereocenters. The quantitative estimate of drug-likeness (QED) is 0.240. The largest absolute Gasteiger partial charge is 0.490 e. The smallest absolute Gasteiger partial charge is 0.254 e. The van der Waals surface area contributed by atoms with E-state index in [4.69, 9.17) is 32.7 Å². The number of hydrazone groups is 1. The van der Waals surface area contributed by atoms with Crippen molar-refractivity contribution in [1.29, 1.82) is 0 Å². The van der Waals surface area contributed by atoms with Crippen molar-refractivity contribution in [3.63, 3.8) is 0 Å². The highest BCUT2D eigenvalue weighted by Crippen LogP contribution is 2.52. The van der Waals surface area contributed by atoms with Crippen molar-refractivity contribution in [3.05, 3.63) is 68.1 Å². The maximum absolute atomic E-state index is 12.9. The number of rotatable bonds is 7. The van der Waals surface area contributed by atoms with E-state index in [9.17, 15) is 9.59 Å². The monoisotopic (exact) mass is 562 g/mol. The van der Waals surface area contributed by atoms with Crippen LogP contribution < -0.4 is 9.47 Å². The average Bonchev–Trinajstić information content (AvgIpc) is 3.47. The predicted molar refractivity (Wildman–Crippen MR) is 133 cm³/mol. The third-order valence-electron chi connectivity index (χ3n) is 6.49. The molecule has 3 aliphatic rings. The maximum atomic E-state index is 12.9. The zero-order chi connectivity index (χ0) is 24.0. The molecule has 2 aromatic carbocycles. The molecule has 9 heteroatoms. The molecule has 0 N–H and O–H groups in total. The number of carbonyl (C=O) groups is 2. The van der Waals surface area contributed by atoms with E-state index in [1.807, 2.05) is 6.92 Å². The fourth-order valence-corrected chi connectivity index (χ4v) is 6.02. The Morgan fingerprint density at radius 1 is 1.09 bits per heavy atom. The van der Waals surface area contributed by atoms with Crippen molar-refractivity contribution < 1.29 is 19.1 Å². The lowest BCUT2D eigenvalue weighted by molar-refractivity contribution is -0.140. The topological polar surface area (TPSA) is 68.2 Å². The van der Waals surface area contributed by atoms with Gasteiger partial charge in [-0.1, -0.05) is 41.4 Å². The zero-order valence-corrected chi connectivity index (χ0v) is 21.3. The molecule has 0 radical (unpaired) electrons. The van der Waals surface area contributed by atoms with Crippen LogP contribution >= 0.6 is 39.1 Å². The second-order valence-electron chi connectivity index (χ2n) is 8.52. The minimum atomic E-state index is -0.277. The fraction of sp³-hybridized carbons (Fsp3) is 0.320. The van der Waals surface area contributed by atoms with Crippen LogP contribution in [0, 0.1) is 23.7 Å². The van der Waals surface area contributed by atoms with Gasteiger partial charge in [0.1, 0.15) is 6.61 Å². The third kappa shape index (κ3) is 4.14. The van der Waals surface area contributed by atoms with Gasteiger partial charge in [0.25, 0.3) is 11.8 Å². The number of halogens is 3. The average molecular weight is 564 g/mol. The summed E-state index contributed by atoms with van der Waals surface area (Å²) in [7, 11) is 0. The summed E-state index contributed by atoms with van der Waals surface area (Å²) in [6.07, 6.45) is 6.51. The molecule has 34 heavy (non-hydrogen) atoms. The normalized spacial score (nSPS) is 25.0. The molecule has 1 saturated carbocycles. The van der Waals surface area contributed by atoms with Crippen LogP contribution in [-0.4, -0.2) is 29.6 Å². The van der Waals surface area contributed by atoms with Gasteiger partial charge in [0, 0.05) is 15.6 Å². The van der Waals surface area contributed by atoms with Crippen molar-refractivity contribution in [1.82, 2.24) is 5.01 Å². The lowest BCUT2D eigenvalue weighted by atomic mass is 9.85. The predicted octanol–water partition coefficient (Wildman–Crippen LogP) is 5.87. The standard InChI is InChI=1S/C25H21BrCl2N2O4/c1-2-33-20-8-13(7-18(26)23(20)34-12-16-5-6-17(27)10-19(16)28)11-29-30-24(31)21-14-3-4-15(9-14)22(21)25(30)32/h3-8,10-11,14-15,21-22H,2,9,12H2,1H3/b29-11-/t14-,15-,21+,22+/m0/s1. The number of allylic oxidation sites excluding steroid dienone is 2. The van der Waals surface area contributed by atoms with E-state index in [1.54, 1.807) is 30.3 Å². The van der Waals surface area contributed by atoms with Crippen LogP contribution in [0.25, 0.3) is 0 Å². The molecule has 0 aromatic heterocycles. The van der Waals surface area contributed by atoms with E-state index in [0.29, 0.717) is 38.2 Å². The first-order valence-corrected chi connectivity index (χ1v) is 12.6. The van der Waals surface area contributed by atoms with Gasteiger partial charge >= 0.3 is 0 Å². The summed E-state index contributed by atoms with van der Waals surface area (Å²) in [5.41, 5.74) is 1.44. The highest BCUT2D eigenvalue weighted by atomic mass is 79.9. The Kier molecular flexibility index (Phi) is 6.44. The van der Waals surface area contributed by atoms with Crippen molar-refractivity contribution >= 4 is 57.2 Å². The molecule has 1 saturated heterocycles. The van der Waals surface area contributed by atoms with E-state index in [0.717, 1.165) is 17.0 Å². The summed E-state index contributed by atoms with van der Waals surface area (Å²) in [5, 5.41) is 6.35. The Labute approximate surface area is 215 Å². The molecular weight excluding hydrogens is 543 g/mol. The van der Waals surface area contributed by atoms with Gasteiger partial charge in [-0.15, -0.1) is 0 Å². The van der Waals surface area contributed by atoms with Gasteiger partial charge in [-0.25, -0.2) is 0 Å². The minimum Gasteiger partial charge on any atom is -0.490 e. The van der Waals surface area contributed by atoms with Crippen LogP contribution in [0.5, 0.6) is 11.5 Å². The SMILES string of the molecule is CCOc1cc(/C=N\N2C(=O)[C@H]3[C@H](C2=O)[C@H]2C=C[C@H]3C2)cc(Br)c1OCc1ccc(Cl)cc1Cl. The highest BCUT2D eigenvalue weighted by molar-refractivity contribution is 9.10. The molecular formula is C25H21BrCl2N2O4. The number of nitrogens with zero attached hydrogens (tertiary/aromatic N) is 2. The molecule has 2 aromatic rings. The number of hydrogen-bond donors (Lipinski definition) is 0. The molecule has 2 aliphatic carbocycles. The van der Waals surface area contributed by atoms with Gasteiger partial charge in [0.2, 0.25) is 0 Å². The van der Waals surface area contributed by atoms with Crippen molar-refractivity contribution in [2.24, 2.45) is 28.8 Å². The van der Waals surface area contributed by atoms with Gasteiger partial charge in [-0.05, 0) is 70.9 Å². The van der Waals surface area contributed by atoms with Gasteiger partial charge in [-0.3, -0.25) is 9.59 Å². The van der Waals surface area contributed by atoms with Crippen molar-refractivity contribution in [2.45, 2.75) is 20.0 Å². The zero-order valence-electron chi connectivity index (χ0n) is 18.2. The van der Waals surface area contributed by atoms with Crippen molar-refractivity contribution in [2.75, 3.05) is 6.61 Å². The number of carbonyl (C=O) groups excluding carboxylic acids is 2. The second-order valence-corrected chi connectivity index (χ2v) is 10.2. The molecule has 6 nitrogen and oxygen atoms in total. The molecule has 0 unspecified atom stereocenters. The maximum Gasteiger partial charge on any atom is 0.254 e. The number of benzene rings is 2. The van der Waals surface area contributed by atoms with Crippen LogP contribution in [0.15, 0.2) is 52.1 Å².